The van der Waals surface area contributed by atoms with Gasteiger partial charge in [0.25, 0.3) is 0 Å². The van der Waals surface area contributed by atoms with E-state index in [4.69, 9.17) is 4.74 Å². The number of aryl methyl sites for hydroxylation is 1. The first kappa shape index (κ1) is 10.9. The maximum absolute atomic E-state index is 5.21. The van der Waals surface area contributed by atoms with E-state index in [0.717, 1.165) is 31.1 Å². The molecule has 1 heterocycles. The van der Waals surface area contributed by atoms with Crippen LogP contribution in [0.4, 0.5) is 5.82 Å². The van der Waals surface area contributed by atoms with Gasteiger partial charge >= 0.3 is 0 Å². The van der Waals surface area contributed by atoms with Crippen LogP contribution in [-0.2, 0) is 11.2 Å². The molecule has 0 spiro atoms. The number of rotatable bonds is 6. The van der Waals surface area contributed by atoms with E-state index in [9.17, 15) is 0 Å². The summed E-state index contributed by atoms with van der Waals surface area (Å²) in [6.45, 7) is 6.31. The highest BCUT2D eigenvalue weighted by molar-refractivity contribution is 5.34. The summed E-state index contributed by atoms with van der Waals surface area (Å²) in [6, 6.07) is 1.96. The SMILES string of the molecule is CCOCCNc1cc(CC)ncn1. The first-order chi connectivity index (χ1) is 6.86. The van der Waals surface area contributed by atoms with Crippen LogP contribution < -0.4 is 5.32 Å². The van der Waals surface area contributed by atoms with Gasteiger partial charge in [0.15, 0.2) is 0 Å². The Morgan fingerprint density at radius 2 is 2.21 bits per heavy atom. The lowest BCUT2D eigenvalue weighted by Gasteiger charge is -2.05. The number of ether oxygens (including phenoxy) is 1. The van der Waals surface area contributed by atoms with E-state index < -0.39 is 0 Å². The van der Waals surface area contributed by atoms with Crippen LogP contribution in [0.5, 0.6) is 0 Å². The predicted molar refractivity (Wildman–Crippen MR) is 56.4 cm³/mol. The Morgan fingerprint density at radius 1 is 1.36 bits per heavy atom. The largest absolute Gasteiger partial charge is 0.380 e. The Morgan fingerprint density at radius 3 is 2.93 bits per heavy atom. The summed E-state index contributed by atoms with van der Waals surface area (Å²) in [6.07, 6.45) is 2.52. The summed E-state index contributed by atoms with van der Waals surface area (Å²) < 4.78 is 5.21. The molecule has 1 rings (SSSR count). The summed E-state index contributed by atoms with van der Waals surface area (Å²) in [5, 5.41) is 3.18. The molecule has 78 valence electrons. The number of nitrogens with zero attached hydrogens (tertiary/aromatic N) is 2. The number of aromatic nitrogens is 2. The Labute approximate surface area is 84.7 Å². The molecule has 0 aliphatic rings. The fourth-order valence-electron chi connectivity index (χ4n) is 1.08. The van der Waals surface area contributed by atoms with Gasteiger partial charge in [-0.25, -0.2) is 9.97 Å². The molecule has 0 saturated heterocycles. The van der Waals surface area contributed by atoms with E-state index in [0.29, 0.717) is 6.61 Å². The average molecular weight is 195 g/mol. The Kier molecular flexibility index (Phi) is 4.93. The van der Waals surface area contributed by atoms with Gasteiger partial charge in [-0.1, -0.05) is 6.92 Å². The number of hydrogen-bond acceptors (Lipinski definition) is 4. The second kappa shape index (κ2) is 6.32. The summed E-state index contributed by atoms with van der Waals surface area (Å²) in [5.74, 6) is 0.872. The molecule has 0 fully saturated rings. The van der Waals surface area contributed by atoms with Crippen molar-refractivity contribution in [3.63, 3.8) is 0 Å². The summed E-state index contributed by atoms with van der Waals surface area (Å²) in [7, 11) is 0. The van der Waals surface area contributed by atoms with Gasteiger partial charge in [0.05, 0.1) is 6.61 Å². The monoisotopic (exact) mass is 195 g/mol. The minimum atomic E-state index is 0.710. The van der Waals surface area contributed by atoms with Gasteiger partial charge in [0.1, 0.15) is 12.1 Å². The first-order valence-corrected chi connectivity index (χ1v) is 4.99. The van der Waals surface area contributed by atoms with Crippen molar-refractivity contribution in [3.05, 3.63) is 18.1 Å². The van der Waals surface area contributed by atoms with Crippen molar-refractivity contribution < 1.29 is 4.74 Å². The van der Waals surface area contributed by atoms with E-state index >= 15 is 0 Å². The van der Waals surface area contributed by atoms with Gasteiger partial charge in [-0.05, 0) is 13.3 Å². The highest BCUT2D eigenvalue weighted by Gasteiger charge is 1.95. The number of hydrogen-bond donors (Lipinski definition) is 1. The van der Waals surface area contributed by atoms with Gasteiger partial charge in [0, 0.05) is 24.9 Å². The average Bonchev–Trinajstić information content (AvgIpc) is 2.25. The second-order valence-electron chi connectivity index (χ2n) is 2.87. The molecule has 0 aliphatic carbocycles. The Balaban J connectivity index is 2.34. The first-order valence-electron chi connectivity index (χ1n) is 4.99. The van der Waals surface area contributed by atoms with Crippen molar-refractivity contribution >= 4 is 5.82 Å². The number of nitrogens with one attached hydrogen (secondary N) is 1. The van der Waals surface area contributed by atoms with Crippen LogP contribution in [-0.4, -0.2) is 29.7 Å². The summed E-state index contributed by atoms with van der Waals surface area (Å²) in [4.78, 5) is 8.23. The zero-order valence-electron chi connectivity index (χ0n) is 8.79. The quantitative estimate of drug-likeness (QED) is 0.698. The predicted octanol–water partition coefficient (Wildman–Crippen LogP) is 1.49. The van der Waals surface area contributed by atoms with Crippen molar-refractivity contribution in [1.82, 2.24) is 9.97 Å². The molecule has 0 aliphatic heterocycles. The second-order valence-corrected chi connectivity index (χ2v) is 2.87. The molecule has 1 aromatic rings. The molecular formula is C10H17N3O. The summed E-state index contributed by atoms with van der Waals surface area (Å²) in [5.41, 5.74) is 1.05. The highest BCUT2D eigenvalue weighted by Crippen LogP contribution is 2.03. The zero-order valence-corrected chi connectivity index (χ0v) is 8.79. The third-order valence-corrected chi connectivity index (χ3v) is 1.84. The molecule has 0 saturated carbocycles. The third-order valence-electron chi connectivity index (χ3n) is 1.84. The van der Waals surface area contributed by atoms with Gasteiger partial charge < -0.3 is 10.1 Å². The topological polar surface area (TPSA) is 47.0 Å². The lowest BCUT2D eigenvalue weighted by Crippen LogP contribution is -2.10. The van der Waals surface area contributed by atoms with Crippen molar-refractivity contribution in [2.75, 3.05) is 25.1 Å². The van der Waals surface area contributed by atoms with E-state index in [-0.39, 0.29) is 0 Å². The molecule has 1 N–H and O–H groups in total. The van der Waals surface area contributed by atoms with Crippen LogP contribution in [0.1, 0.15) is 19.5 Å². The number of anilines is 1. The van der Waals surface area contributed by atoms with Gasteiger partial charge in [0.2, 0.25) is 0 Å². The minimum absolute atomic E-state index is 0.710. The normalized spacial score (nSPS) is 10.1. The van der Waals surface area contributed by atoms with Crippen LogP contribution in [0.3, 0.4) is 0 Å². The molecule has 4 heteroatoms. The highest BCUT2D eigenvalue weighted by atomic mass is 16.5. The van der Waals surface area contributed by atoms with Crippen molar-refractivity contribution in [2.24, 2.45) is 0 Å². The van der Waals surface area contributed by atoms with Crippen LogP contribution in [0, 0.1) is 0 Å². The van der Waals surface area contributed by atoms with E-state index in [1.807, 2.05) is 13.0 Å². The smallest absolute Gasteiger partial charge is 0.129 e. The zero-order chi connectivity index (χ0) is 10.2. The maximum Gasteiger partial charge on any atom is 0.129 e. The van der Waals surface area contributed by atoms with Gasteiger partial charge in [-0.3, -0.25) is 0 Å². The molecule has 0 unspecified atom stereocenters. The van der Waals surface area contributed by atoms with Gasteiger partial charge in [-0.15, -0.1) is 0 Å². The molecule has 0 aromatic carbocycles. The fourth-order valence-corrected chi connectivity index (χ4v) is 1.08. The molecular weight excluding hydrogens is 178 g/mol. The Hall–Kier alpha value is -1.16. The standard InChI is InChI=1S/C10H17N3O/c1-3-9-7-10(13-8-12-9)11-5-6-14-4-2/h7-8H,3-6H2,1-2H3,(H,11,12,13). The molecule has 0 amide bonds. The van der Waals surface area contributed by atoms with E-state index in [2.05, 4.69) is 22.2 Å². The maximum atomic E-state index is 5.21. The van der Waals surface area contributed by atoms with Crippen molar-refractivity contribution in [3.8, 4) is 0 Å². The lowest BCUT2D eigenvalue weighted by atomic mass is 10.3. The van der Waals surface area contributed by atoms with Crippen LogP contribution in [0.25, 0.3) is 0 Å². The van der Waals surface area contributed by atoms with E-state index in [1.165, 1.54) is 0 Å². The molecule has 14 heavy (non-hydrogen) atoms. The summed E-state index contributed by atoms with van der Waals surface area (Å²) >= 11 is 0. The molecule has 0 atom stereocenters. The van der Waals surface area contributed by atoms with Gasteiger partial charge in [-0.2, -0.15) is 0 Å². The van der Waals surface area contributed by atoms with Crippen LogP contribution >= 0.6 is 0 Å². The van der Waals surface area contributed by atoms with E-state index in [1.54, 1.807) is 6.33 Å². The lowest BCUT2D eigenvalue weighted by molar-refractivity contribution is 0.158. The Bertz CT molecular complexity index is 265. The van der Waals surface area contributed by atoms with Crippen molar-refractivity contribution in [1.29, 1.82) is 0 Å². The molecule has 1 aromatic heterocycles. The minimum Gasteiger partial charge on any atom is -0.380 e. The van der Waals surface area contributed by atoms with Crippen LogP contribution in [0.15, 0.2) is 12.4 Å². The molecule has 0 radical (unpaired) electrons. The fraction of sp³-hybridized carbons (Fsp3) is 0.600. The third kappa shape index (κ3) is 3.70. The van der Waals surface area contributed by atoms with Crippen molar-refractivity contribution in [2.45, 2.75) is 20.3 Å². The molecule has 0 bridgehead atoms. The van der Waals surface area contributed by atoms with Crippen LogP contribution in [0.2, 0.25) is 0 Å². The molecule has 4 nitrogen and oxygen atoms in total.